The molecule has 1 aromatic carbocycles. The molecule has 0 aliphatic heterocycles. The molecule has 78 valence electrons. The zero-order valence-electron chi connectivity index (χ0n) is 8.71. The standard InChI is InChI=1S/C12H9N3O/c1-9-3-2-4-11(7-9)16-12-14-6-5-10(8-13)15-12/h2-7H,1H3. The van der Waals surface area contributed by atoms with Crippen LogP contribution in [-0.4, -0.2) is 9.97 Å². The molecule has 0 spiro atoms. The predicted octanol–water partition coefficient (Wildman–Crippen LogP) is 2.45. The Morgan fingerprint density at radius 3 is 2.94 bits per heavy atom. The predicted molar refractivity (Wildman–Crippen MR) is 58.0 cm³/mol. The molecule has 1 heterocycles. The summed E-state index contributed by atoms with van der Waals surface area (Å²) in [6.07, 6.45) is 1.50. The van der Waals surface area contributed by atoms with Gasteiger partial charge in [0.25, 0.3) is 0 Å². The fourth-order valence-electron chi connectivity index (χ4n) is 1.24. The third kappa shape index (κ3) is 2.34. The Morgan fingerprint density at radius 2 is 2.19 bits per heavy atom. The average Bonchev–Trinajstić information content (AvgIpc) is 2.29. The maximum Gasteiger partial charge on any atom is 0.323 e. The third-order valence-electron chi connectivity index (χ3n) is 1.95. The number of aryl methyl sites for hydroxylation is 1. The molecule has 0 N–H and O–H groups in total. The van der Waals surface area contributed by atoms with E-state index in [0.29, 0.717) is 5.75 Å². The number of hydrogen-bond acceptors (Lipinski definition) is 4. The van der Waals surface area contributed by atoms with E-state index in [1.54, 1.807) is 0 Å². The number of benzene rings is 1. The van der Waals surface area contributed by atoms with Gasteiger partial charge in [0.05, 0.1) is 0 Å². The van der Waals surface area contributed by atoms with Crippen LogP contribution >= 0.6 is 0 Å². The van der Waals surface area contributed by atoms with E-state index in [0.717, 1.165) is 5.56 Å². The molecular weight excluding hydrogens is 202 g/mol. The summed E-state index contributed by atoms with van der Waals surface area (Å²) in [7, 11) is 0. The molecule has 0 unspecified atom stereocenters. The van der Waals surface area contributed by atoms with Gasteiger partial charge in [-0.15, -0.1) is 0 Å². The number of ether oxygens (including phenoxy) is 1. The van der Waals surface area contributed by atoms with Gasteiger partial charge in [0.2, 0.25) is 0 Å². The Balaban J connectivity index is 2.24. The lowest BCUT2D eigenvalue weighted by atomic mass is 10.2. The zero-order valence-corrected chi connectivity index (χ0v) is 8.71. The molecule has 2 rings (SSSR count). The van der Waals surface area contributed by atoms with Crippen LogP contribution < -0.4 is 4.74 Å². The van der Waals surface area contributed by atoms with Gasteiger partial charge >= 0.3 is 6.01 Å². The van der Waals surface area contributed by atoms with E-state index in [4.69, 9.17) is 10.00 Å². The van der Waals surface area contributed by atoms with E-state index in [1.807, 2.05) is 37.3 Å². The van der Waals surface area contributed by atoms with Gasteiger partial charge in [-0.2, -0.15) is 10.2 Å². The van der Waals surface area contributed by atoms with Crippen molar-refractivity contribution in [2.45, 2.75) is 6.92 Å². The molecule has 0 radical (unpaired) electrons. The Morgan fingerprint density at radius 1 is 1.31 bits per heavy atom. The molecule has 4 heteroatoms. The van der Waals surface area contributed by atoms with E-state index in [2.05, 4.69) is 9.97 Å². The summed E-state index contributed by atoms with van der Waals surface area (Å²) in [5.74, 6) is 0.662. The summed E-state index contributed by atoms with van der Waals surface area (Å²) >= 11 is 0. The summed E-state index contributed by atoms with van der Waals surface area (Å²) in [5, 5.41) is 8.68. The van der Waals surface area contributed by atoms with Crippen LogP contribution in [0.4, 0.5) is 0 Å². The molecule has 0 atom stereocenters. The van der Waals surface area contributed by atoms with Gasteiger partial charge in [0.15, 0.2) is 0 Å². The average molecular weight is 211 g/mol. The van der Waals surface area contributed by atoms with E-state index in [9.17, 15) is 0 Å². The lowest BCUT2D eigenvalue weighted by molar-refractivity contribution is 0.441. The number of nitriles is 1. The van der Waals surface area contributed by atoms with Crippen LogP contribution in [0.15, 0.2) is 36.5 Å². The summed E-state index contributed by atoms with van der Waals surface area (Å²) in [6.45, 7) is 1.97. The van der Waals surface area contributed by atoms with Crippen molar-refractivity contribution < 1.29 is 4.74 Å². The molecule has 2 aromatic rings. The van der Waals surface area contributed by atoms with Crippen molar-refractivity contribution in [3.05, 3.63) is 47.8 Å². The van der Waals surface area contributed by atoms with Gasteiger partial charge in [-0.1, -0.05) is 12.1 Å². The van der Waals surface area contributed by atoms with Gasteiger partial charge in [0, 0.05) is 6.20 Å². The molecule has 0 fully saturated rings. The first-order valence-electron chi connectivity index (χ1n) is 4.75. The SMILES string of the molecule is Cc1cccc(Oc2nccc(C#N)n2)c1. The fourth-order valence-corrected chi connectivity index (χ4v) is 1.24. The molecule has 0 saturated carbocycles. The van der Waals surface area contributed by atoms with Gasteiger partial charge in [-0.3, -0.25) is 0 Å². The van der Waals surface area contributed by atoms with Crippen molar-refractivity contribution in [3.8, 4) is 17.8 Å². The Bertz CT molecular complexity index is 546. The quantitative estimate of drug-likeness (QED) is 0.765. The van der Waals surface area contributed by atoms with Crippen LogP contribution in [-0.2, 0) is 0 Å². The first kappa shape index (κ1) is 10.1. The van der Waals surface area contributed by atoms with Crippen molar-refractivity contribution in [3.63, 3.8) is 0 Å². The van der Waals surface area contributed by atoms with Crippen LogP contribution in [0.25, 0.3) is 0 Å². The van der Waals surface area contributed by atoms with Crippen molar-refractivity contribution in [2.75, 3.05) is 0 Å². The monoisotopic (exact) mass is 211 g/mol. The molecule has 0 amide bonds. The van der Waals surface area contributed by atoms with Gasteiger partial charge in [0.1, 0.15) is 17.5 Å². The highest BCUT2D eigenvalue weighted by molar-refractivity contribution is 5.30. The number of nitrogens with zero attached hydrogens (tertiary/aromatic N) is 3. The van der Waals surface area contributed by atoms with Crippen LogP contribution in [0.3, 0.4) is 0 Å². The van der Waals surface area contributed by atoms with Gasteiger partial charge in [-0.25, -0.2) is 4.98 Å². The topological polar surface area (TPSA) is 58.8 Å². The van der Waals surface area contributed by atoms with Gasteiger partial charge in [-0.05, 0) is 30.7 Å². The molecule has 0 aliphatic carbocycles. The van der Waals surface area contributed by atoms with Crippen molar-refractivity contribution in [1.29, 1.82) is 5.26 Å². The summed E-state index contributed by atoms with van der Waals surface area (Å²) < 4.78 is 5.43. The molecule has 0 saturated heterocycles. The Kier molecular flexibility index (Phi) is 2.79. The van der Waals surface area contributed by atoms with E-state index >= 15 is 0 Å². The van der Waals surface area contributed by atoms with Crippen LogP contribution in [0.1, 0.15) is 11.3 Å². The molecule has 0 bridgehead atoms. The van der Waals surface area contributed by atoms with E-state index in [-0.39, 0.29) is 11.7 Å². The Hall–Kier alpha value is -2.41. The van der Waals surface area contributed by atoms with E-state index in [1.165, 1.54) is 12.3 Å². The van der Waals surface area contributed by atoms with E-state index < -0.39 is 0 Å². The molecule has 1 aromatic heterocycles. The second-order valence-electron chi connectivity index (χ2n) is 3.25. The maximum atomic E-state index is 8.68. The molecule has 0 aliphatic rings. The molecule has 4 nitrogen and oxygen atoms in total. The second kappa shape index (κ2) is 4.41. The number of rotatable bonds is 2. The van der Waals surface area contributed by atoms with Crippen molar-refractivity contribution >= 4 is 0 Å². The number of hydrogen-bond donors (Lipinski definition) is 0. The first-order valence-corrected chi connectivity index (χ1v) is 4.75. The normalized spacial score (nSPS) is 9.50. The largest absolute Gasteiger partial charge is 0.424 e. The van der Waals surface area contributed by atoms with Crippen molar-refractivity contribution in [1.82, 2.24) is 9.97 Å². The second-order valence-corrected chi connectivity index (χ2v) is 3.25. The van der Waals surface area contributed by atoms with Crippen LogP contribution in [0.2, 0.25) is 0 Å². The molecule has 16 heavy (non-hydrogen) atoms. The van der Waals surface area contributed by atoms with Crippen LogP contribution in [0, 0.1) is 18.3 Å². The lowest BCUT2D eigenvalue weighted by Crippen LogP contribution is -1.93. The minimum absolute atomic E-state index is 0.185. The van der Waals surface area contributed by atoms with Crippen molar-refractivity contribution in [2.24, 2.45) is 0 Å². The summed E-state index contributed by atoms with van der Waals surface area (Å²) in [4.78, 5) is 7.85. The smallest absolute Gasteiger partial charge is 0.323 e. The summed E-state index contributed by atoms with van der Waals surface area (Å²) in [6, 6.07) is 11.2. The Labute approximate surface area is 93.2 Å². The highest BCUT2D eigenvalue weighted by Gasteiger charge is 2.01. The van der Waals surface area contributed by atoms with Crippen LogP contribution in [0.5, 0.6) is 11.8 Å². The summed E-state index contributed by atoms with van der Waals surface area (Å²) in [5.41, 5.74) is 1.38. The zero-order chi connectivity index (χ0) is 11.4. The minimum atomic E-state index is 0.185. The molecular formula is C12H9N3O. The highest BCUT2D eigenvalue weighted by atomic mass is 16.5. The number of aromatic nitrogens is 2. The van der Waals surface area contributed by atoms with Gasteiger partial charge < -0.3 is 4.74 Å². The maximum absolute atomic E-state index is 8.68. The lowest BCUT2D eigenvalue weighted by Gasteiger charge is -2.03. The highest BCUT2D eigenvalue weighted by Crippen LogP contribution is 2.18. The fraction of sp³-hybridized carbons (Fsp3) is 0.0833. The third-order valence-corrected chi connectivity index (χ3v) is 1.95. The minimum Gasteiger partial charge on any atom is -0.424 e. The first-order chi connectivity index (χ1) is 7.78.